The van der Waals surface area contributed by atoms with Gasteiger partial charge in [-0.3, -0.25) is 9.79 Å². The van der Waals surface area contributed by atoms with Crippen LogP contribution in [0.5, 0.6) is 0 Å². The first-order valence-electron chi connectivity index (χ1n) is 8.34. The number of amides is 1. The van der Waals surface area contributed by atoms with Gasteiger partial charge in [-0.1, -0.05) is 12.1 Å². The molecule has 0 aliphatic carbocycles. The van der Waals surface area contributed by atoms with Gasteiger partial charge in [0.1, 0.15) is 0 Å². The molecule has 1 aromatic rings. The molecule has 0 spiro atoms. The van der Waals surface area contributed by atoms with Crippen LogP contribution in [0.25, 0.3) is 0 Å². The first-order valence-corrected chi connectivity index (χ1v) is 8.34. The summed E-state index contributed by atoms with van der Waals surface area (Å²) in [6.45, 7) is 2.72. The van der Waals surface area contributed by atoms with Gasteiger partial charge in [-0.15, -0.1) is 24.0 Å². The number of guanidine groups is 1. The van der Waals surface area contributed by atoms with E-state index in [1.54, 1.807) is 26.0 Å². The van der Waals surface area contributed by atoms with Crippen LogP contribution in [0.3, 0.4) is 0 Å². The van der Waals surface area contributed by atoms with E-state index in [2.05, 4.69) is 34.6 Å². The summed E-state index contributed by atoms with van der Waals surface area (Å²) >= 11 is 0. The van der Waals surface area contributed by atoms with Crippen molar-refractivity contribution < 1.29 is 4.79 Å². The van der Waals surface area contributed by atoms with Crippen LogP contribution in [-0.4, -0.2) is 76.5 Å². The third kappa shape index (κ3) is 9.64. The van der Waals surface area contributed by atoms with Crippen molar-refractivity contribution in [3.05, 3.63) is 35.4 Å². The van der Waals surface area contributed by atoms with Crippen molar-refractivity contribution >= 4 is 35.8 Å². The fraction of sp³-hybridized carbons (Fsp3) is 0.556. The van der Waals surface area contributed by atoms with E-state index in [0.29, 0.717) is 0 Å². The Morgan fingerprint density at radius 3 is 2.40 bits per heavy atom. The van der Waals surface area contributed by atoms with Gasteiger partial charge in [-0.25, -0.2) is 0 Å². The molecule has 0 bridgehead atoms. The fourth-order valence-corrected chi connectivity index (χ4v) is 2.27. The third-order valence-corrected chi connectivity index (χ3v) is 3.58. The molecule has 0 radical (unpaired) electrons. The summed E-state index contributed by atoms with van der Waals surface area (Å²) in [5, 5.41) is 6.61. The quantitative estimate of drug-likeness (QED) is 0.268. The predicted molar refractivity (Wildman–Crippen MR) is 116 cm³/mol. The Morgan fingerprint density at radius 1 is 1.12 bits per heavy atom. The number of nitrogens with one attached hydrogen (secondary N) is 2. The molecule has 142 valence electrons. The molecule has 1 aromatic carbocycles. The Labute approximate surface area is 169 Å². The van der Waals surface area contributed by atoms with E-state index < -0.39 is 0 Å². The van der Waals surface area contributed by atoms with Gasteiger partial charge in [0.2, 0.25) is 0 Å². The lowest BCUT2D eigenvalue weighted by Crippen LogP contribution is -2.39. The van der Waals surface area contributed by atoms with Crippen LogP contribution in [0.15, 0.2) is 29.3 Å². The van der Waals surface area contributed by atoms with Crippen LogP contribution in [-0.2, 0) is 6.42 Å². The smallest absolute Gasteiger partial charge is 0.253 e. The number of carbonyl (C=O) groups is 1. The van der Waals surface area contributed by atoms with Crippen LogP contribution in [0.1, 0.15) is 22.3 Å². The molecule has 0 unspecified atom stereocenters. The molecule has 0 aromatic heterocycles. The maximum Gasteiger partial charge on any atom is 0.253 e. The first-order chi connectivity index (χ1) is 11.4. The monoisotopic (exact) mass is 461 g/mol. The van der Waals surface area contributed by atoms with Gasteiger partial charge in [0.25, 0.3) is 5.91 Å². The Kier molecular flexibility index (Phi) is 12.2. The molecule has 25 heavy (non-hydrogen) atoms. The van der Waals surface area contributed by atoms with E-state index in [0.717, 1.165) is 49.6 Å². The second kappa shape index (κ2) is 12.9. The molecule has 0 saturated carbocycles. The van der Waals surface area contributed by atoms with Crippen molar-refractivity contribution in [3.63, 3.8) is 0 Å². The minimum Gasteiger partial charge on any atom is -0.356 e. The standard InChI is InChI=1S/C18H31N5O.HI/c1-19-18(20-11-7-13-22(2)3)21-12-10-15-8-6-9-16(14-15)17(24)23(4)5;/h6,8-9,14H,7,10-13H2,1-5H3,(H2,19,20,21);1H. The van der Waals surface area contributed by atoms with Crippen LogP contribution in [0.4, 0.5) is 0 Å². The Morgan fingerprint density at radius 2 is 1.80 bits per heavy atom. The van der Waals surface area contributed by atoms with Gasteiger partial charge in [0.05, 0.1) is 0 Å². The highest BCUT2D eigenvalue weighted by Gasteiger charge is 2.08. The normalized spacial score (nSPS) is 11.0. The molecule has 7 heteroatoms. The maximum absolute atomic E-state index is 12.0. The van der Waals surface area contributed by atoms with Crippen molar-refractivity contribution in [2.75, 3.05) is 54.9 Å². The fourth-order valence-electron chi connectivity index (χ4n) is 2.27. The molecular weight excluding hydrogens is 429 g/mol. The van der Waals surface area contributed by atoms with E-state index >= 15 is 0 Å². The van der Waals surface area contributed by atoms with Crippen LogP contribution in [0.2, 0.25) is 0 Å². The zero-order valence-electron chi connectivity index (χ0n) is 16.0. The van der Waals surface area contributed by atoms with Gasteiger partial charge in [-0.05, 0) is 51.2 Å². The molecule has 0 fully saturated rings. The van der Waals surface area contributed by atoms with Crippen molar-refractivity contribution in [1.29, 1.82) is 0 Å². The Bertz CT molecular complexity index is 546. The molecule has 0 atom stereocenters. The molecule has 6 nitrogen and oxygen atoms in total. The van der Waals surface area contributed by atoms with E-state index in [1.165, 1.54) is 0 Å². The van der Waals surface area contributed by atoms with E-state index in [9.17, 15) is 4.79 Å². The van der Waals surface area contributed by atoms with Crippen LogP contribution >= 0.6 is 24.0 Å². The zero-order chi connectivity index (χ0) is 17.9. The number of carbonyl (C=O) groups excluding carboxylic acids is 1. The van der Waals surface area contributed by atoms with Gasteiger partial charge in [-0.2, -0.15) is 0 Å². The molecule has 1 rings (SSSR count). The zero-order valence-corrected chi connectivity index (χ0v) is 18.3. The SMILES string of the molecule is CN=C(NCCCN(C)C)NCCc1cccc(C(=O)N(C)C)c1.I. The van der Waals surface area contributed by atoms with Gasteiger partial charge >= 0.3 is 0 Å². The minimum atomic E-state index is 0. The molecule has 0 aliphatic rings. The number of halogens is 1. The number of rotatable bonds is 8. The molecule has 0 heterocycles. The summed E-state index contributed by atoms with van der Waals surface area (Å²) in [6.07, 6.45) is 1.91. The van der Waals surface area contributed by atoms with Crippen LogP contribution in [0, 0.1) is 0 Å². The van der Waals surface area contributed by atoms with Gasteiger partial charge in [0.15, 0.2) is 5.96 Å². The molecule has 2 N–H and O–H groups in total. The Hall–Kier alpha value is -1.35. The lowest BCUT2D eigenvalue weighted by atomic mass is 10.1. The van der Waals surface area contributed by atoms with E-state index in [-0.39, 0.29) is 29.9 Å². The topological polar surface area (TPSA) is 60.0 Å². The minimum absolute atomic E-state index is 0. The average molecular weight is 461 g/mol. The lowest BCUT2D eigenvalue weighted by molar-refractivity contribution is 0.0827. The first kappa shape index (κ1) is 23.6. The third-order valence-electron chi connectivity index (χ3n) is 3.58. The number of hydrogen-bond donors (Lipinski definition) is 2. The summed E-state index contributed by atoms with van der Waals surface area (Å²) in [6, 6.07) is 7.78. The average Bonchev–Trinajstić information content (AvgIpc) is 2.56. The van der Waals surface area contributed by atoms with Crippen molar-refractivity contribution in [1.82, 2.24) is 20.4 Å². The second-order valence-electron chi connectivity index (χ2n) is 6.23. The highest BCUT2D eigenvalue weighted by atomic mass is 127. The molecule has 0 saturated heterocycles. The van der Waals surface area contributed by atoms with E-state index in [4.69, 9.17) is 0 Å². The number of hydrogen-bond acceptors (Lipinski definition) is 3. The lowest BCUT2D eigenvalue weighted by Gasteiger charge is -2.14. The number of aliphatic imine (C=N–C) groups is 1. The maximum atomic E-state index is 12.0. The van der Waals surface area contributed by atoms with Gasteiger partial charge < -0.3 is 20.4 Å². The second-order valence-corrected chi connectivity index (χ2v) is 6.23. The molecular formula is C18H32IN5O. The number of benzene rings is 1. The van der Waals surface area contributed by atoms with Crippen LogP contribution < -0.4 is 10.6 Å². The van der Waals surface area contributed by atoms with Gasteiger partial charge in [0, 0.05) is 39.8 Å². The summed E-state index contributed by atoms with van der Waals surface area (Å²) in [5.74, 6) is 0.845. The van der Waals surface area contributed by atoms with Crippen molar-refractivity contribution in [2.45, 2.75) is 12.8 Å². The van der Waals surface area contributed by atoms with Crippen molar-refractivity contribution in [3.8, 4) is 0 Å². The largest absolute Gasteiger partial charge is 0.356 e. The van der Waals surface area contributed by atoms with Crippen molar-refractivity contribution in [2.24, 2.45) is 4.99 Å². The highest BCUT2D eigenvalue weighted by molar-refractivity contribution is 14.0. The Balaban J connectivity index is 0.00000576. The molecule has 0 aliphatic heterocycles. The summed E-state index contributed by atoms with van der Waals surface area (Å²) in [7, 11) is 9.45. The molecule has 1 amide bonds. The summed E-state index contributed by atoms with van der Waals surface area (Å²) in [4.78, 5) is 20.0. The highest BCUT2D eigenvalue weighted by Crippen LogP contribution is 2.07. The number of nitrogens with zero attached hydrogens (tertiary/aromatic N) is 3. The summed E-state index contributed by atoms with van der Waals surface area (Å²) in [5.41, 5.74) is 1.86. The van der Waals surface area contributed by atoms with E-state index in [1.807, 2.05) is 24.3 Å². The summed E-state index contributed by atoms with van der Waals surface area (Å²) < 4.78 is 0. The predicted octanol–water partition coefficient (Wildman–Crippen LogP) is 1.67.